The third-order valence-electron chi connectivity index (χ3n) is 9.33. The number of hydrogen-bond acceptors (Lipinski definition) is 8. The number of amides is 2. The molecule has 0 saturated carbocycles. The van der Waals surface area contributed by atoms with Crippen LogP contribution >= 0.6 is 0 Å². The van der Waals surface area contributed by atoms with Crippen LogP contribution in [0.1, 0.15) is 88.8 Å². The largest absolute Gasteiger partial charge is 0.484 e. The molecule has 4 aromatic heterocycles. The summed E-state index contributed by atoms with van der Waals surface area (Å²) in [6, 6.07) is 15.6. The van der Waals surface area contributed by atoms with Crippen molar-refractivity contribution in [3.8, 4) is 11.6 Å². The van der Waals surface area contributed by atoms with E-state index in [4.69, 9.17) is 9.84 Å². The average molecular weight is 653 g/mol. The zero-order valence-corrected chi connectivity index (χ0v) is 28.0. The molecule has 1 aliphatic carbocycles. The molecule has 0 radical (unpaired) electrons. The minimum absolute atomic E-state index is 0.0218. The van der Waals surface area contributed by atoms with Crippen molar-refractivity contribution in [2.75, 3.05) is 23.4 Å². The minimum atomic E-state index is -0.330. The standard InChI is InChI=1S/C35H44N10O3/c1-23-9-7-8-17-43(23)34-39-38-30-15-12-24(22-44(30)34)48-28-14-13-27(25-10-5-6-11-26(25)28)36-33(47)37-32-21-29(35(2,3)4)40-45(32)31-16-18-42(41-31)19-20-46/h5-6,10-12,15-16,18,21-23,27-28,46H,7-9,13-14,17,19-20H2,1-4H3,(H2,36,37,47)/t23-,27-,28+/m0/s1. The van der Waals surface area contributed by atoms with Gasteiger partial charge in [-0.25, -0.2) is 4.79 Å². The number of urea groups is 1. The second kappa shape index (κ2) is 12.9. The second-order valence-corrected chi connectivity index (χ2v) is 13.8. The normalized spacial score (nSPS) is 19.7. The third-order valence-corrected chi connectivity index (χ3v) is 9.33. The first-order chi connectivity index (χ1) is 23.2. The zero-order valence-electron chi connectivity index (χ0n) is 28.0. The molecule has 2 aliphatic rings. The van der Waals surface area contributed by atoms with Gasteiger partial charge < -0.3 is 20.1 Å². The van der Waals surface area contributed by atoms with Gasteiger partial charge in [-0.05, 0) is 62.3 Å². The van der Waals surface area contributed by atoms with Crippen molar-refractivity contribution in [2.45, 2.75) is 89.9 Å². The second-order valence-electron chi connectivity index (χ2n) is 13.8. The molecule has 0 spiro atoms. The Balaban J connectivity index is 1.08. The SMILES string of the molecule is C[C@H]1CCCCN1c1nnc2ccc(O[C@@H]3CC[C@H](NC(=O)Nc4cc(C(C)(C)C)nn4-c4ccn(CCO)n4)c4ccccc43)cn12. The Labute approximate surface area is 279 Å². The van der Waals surface area contributed by atoms with Gasteiger partial charge in [-0.3, -0.25) is 14.4 Å². The Morgan fingerprint density at radius 2 is 1.85 bits per heavy atom. The van der Waals surface area contributed by atoms with Gasteiger partial charge in [0, 0.05) is 36.3 Å². The molecule has 3 atom stereocenters. The van der Waals surface area contributed by atoms with E-state index in [2.05, 4.69) is 70.7 Å². The maximum Gasteiger partial charge on any atom is 0.320 e. The van der Waals surface area contributed by atoms with E-state index in [0.29, 0.717) is 30.6 Å². The maximum atomic E-state index is 13.5. The zero-order chi connectivity index (χ0) is 33.4. The maximum absolute atomic E-state index is 13.5. The molecule has 5 heterocycles. The molecule has 252 valence electrons. The summed E-state index contributed by atoms with van der Waals surface area (Å²) in [7, 11) is 0. The van der Waals surface area contributed by atoms with E-state index in [9.17, 15) is 9.90 Å². The Bertz CT molecular complexity index is 1900. The van der Waals surface area contributed by atoms with Crippen LogP contribution in [0.2, 0.25) is 0 Å². The highest BCUT2D eigenvalue weighted by Crippen LogP contribution is 2.39. The molecule has 1 fully saturated rings. The number of aliphatic hydroxyl groups excluding tert-OH is 1. The number of carbonyl (C=O) groups excluding carboxylic acids is 1. The number of aromatic nitrogens is 7. The number of ether oxygens (including phenoxy) is 1. The van der Waals surface area contributed by atoms with Gasteiger partial charge in [0.1, 0.15) is 17.7 Å². The fraction of sp³-hybridized carbons (Fsp3) is 0.457. The van der Waals surface area contributed by atoms with Gasteiger partial charge in [0.2, 0.25) is 5.95 Å². The van der Waals surface area contributed by atoms with Crippen molar-refractivity contribution in [3.63, 3.8) is 0 Å². The fourth-order valence-corrected chi connectivity index (χ4v) is 6.72. The van der Waals surface area contributed by atoms with Gasteiger partial charge in [0.25, 0.3) is 0 Å². The van der Waals surface area contributed by atoms with Gasteiger partial charge in [-0.1, -0.05) is 45.0 Å². The molecule has 0 bridgehead atoms. The van der Waals surface area contributed by atoms with Gasteiger partial charge in [-0.15, -0.1) is 10.2 Å². The molecule has 1 aromatic carbocycles. The van der Waals surface area contributed by atoms with E-state index >= 15 is 0 Å². The number of benzene rings is 1. The Morgan fingerprint density at radius 1 is 1.02 bits per heavy atom. The summed E-state index contributed by atoms with van der Waals surface area (Å²) in [5.74, 6) is 2.68. The lowest BCUT2D eigenvalue weighted by atomic mass is 9.85. The van der Waals surface area contributed by atoms with E-state index < -0.39 is 0 Å². The van der Waals surface area contributed by atoms with Crippen molar-refractivity contribution in [1.82, 2.24) is 39.5 Å². The van der Waals surface area contributed by atoms with E-state index in [0.717, 1.165) is 60.0 Å². The van der Waals surface area contributed by atoms with Crippen LogP contribution in [0.15, 0.2) is 60.9 Å². The summed E-state index contributed by atoms with van der Waals surface area (Å²) >= 11 is 0. The topological polar surface area (TPSA) is 140 Å². The highest BCUT2D eigenvalue weighted by atomic mass is 16.5. The number of hydrogen-bond donors (Lipinski definition) is 3. The van der Waals surface area contributed by atoms with E-state index in [1.165, 1.54) is 6.42 Å². The van der Waals surface area contributed by atoms with Crippen LogP contribution in [0.5, 0.6) is 5.75 Å². The summed E-state index contributed by atoms with van der Waals surface area (Å²) in [5, 5.41) is 33.8. The molecule has 13 nitrogen and oxygen atoms in total. The summed E-state index contributed by atoms with van der Waals surface area (Å²) in [6.07, 6.45) is 8.58. The highest BCUT2D eigenvalue weighted by molar-refractivity contribution is 5.89. The quantitative estimate of drug-likeness (QED) is 0.198. The van der Waals surface area contributed by atoms with E-state index in [-0.39, 0.29) is 30.2 Å². The van der Waals surface area contributed by atoms with Crippen molar-refractivity contribution in [1.29, 1.82) is 0 Å². The van der Waals surface area contributed by atoms with Gasteiger partial charge in [-0.2, -0.15) is 14.9 Å². The first-order valence-electron chi connectivity index (χ1n) is 16.9. The predicted octanol–water partition coefficient (Wildman–Crippen LogP) is 5.56. The Morgan fingerprint density at radius 3 is 2.65 bits per heavy atom. The predicted molar refractivity (Wildman–Crippen MR) is 183 cm³/mol. The number of aliphatic hydroxyl groups is 1. The first-order valence-corrected chi connectivity index (χ1v) is 16.9. The lowest BCUT2D eigenvalue weighted by Crippen LogP contribution is -2.38. The number of carbonyl (C=O) groups is 1. The molecule has 1 aliphatic heterocycles. The molecule has 5 aromatic rings. The van der Waals surface area contributed by atoms with Crippen molar-refractivity contribution in [3.05, 3.63) is 77.7 Å². The van der Waals surface area contributed by atoms with Crippen LogP contribution in [0, 0.1) is 0 Å². The first kappa shape index (κ1) is 31.7. The highest BCUT2D eigenvalue weighted by Gasteiger charge is 2.31. The number of pyridine rings is 1. The molecule has 2 amide bonds. The number of nitrogens with one attached hydrogen (secondary N) is 2. The summed E-state index contributed by atoms with van der Waals surface area (Å²) in [5.41, 5.74) is 3.46. The summed E-state index contributed by atoms with van der Waals surface area (Å²) < 4.78 is 12.0. The van der Waals surface area contributed by atoms with Crippen molar-refractivity contribution >= 4 is 23.4 Å². The van der Waals surface area contributed by atoms with E-state index in [1.807, 2.05) is 47.0 Å². The molecule has 7 rings (SSSR count). The number of rotatable bonds is 8. The van der Waals surface area contributed by atoms with E-state index in [1.54, 1.807) is 15.6 Å². The number of nitrogens with zero attached hydrogens (tertiary/aromatic N) is 8. The van der Waals surface area contributed by atoms with Crippen LogP contribution in [-0.2, 0) is 12.0 Å². The fourth-order valence-electron chi connectivity index (χ4n) is 6.72. The summed E-state index contributed by atoms with van der Waals surface area (Å²) in [4.78, 5) is 15.9. The summed E-state index contributed by atoms with van der Waals surface area (Å²) in [6.45, 7) is 9.79. The lowest BCUT2D eigenvalue weighted by molar-refractivity contribution is 0.171. The van der Waals surface area contributed by atoms with Gasteiger partial charge in [0.15, 0.2) is 11.5 Å². The molecular formula is C35H44N10O3. The van der Waals surface area contributed by atoms with Crippen LogP contribution in [0.4, 0.5) is 16.6 Å². The van der Waals surface area contributed by atoms with Gasteiger partial charge >= 0.3 is 6.03 Å². The van der Waals surface area contributed by atoms with Crippen LogP contribution < -0.4 is 20.3 Å². The van der Waals surface area contributed by atoms with Crippen LogP contribution in [0.3, 0.4) is 0 Å². The monoisotopic (exact) mass is 652 g/mol. The molecule has 48 heavy (non-hydrogen) atoms. The third kappa shape index (κ3) is 6.34. The lowest BCUT2D eigenvalue weighted by Gasteiger charge is -2.33. The van der Waals surface area contributed by atoms with Crippen molar-refractivity contribution < 1.29 is 14.6 Å². The number of fused-ring (bicyclic) bond motifs is 2. The Hall–Kier alpha value is -4.91. The average Bonchev–Trinajstić information content (AvgIpc) is 3.81. The number of piperidine rings is 1. The van der Waals surface area contributed by atoms with Crippen molar-refractivity contribution in [2.24, 2.45) is 0 Å². The molecule has 13 heteroatoms. The molecule has 0 unspecified atom stereocenters. The number of anilines is 2. The van der Waals surface area contributed by atoms with Crippen LogP contribution in [-0.4, -0.2) is 64.5 Å². The van der Waals surface area contributed by atoms with Gasteiger partial charge in [0.05, 0.1) is 31.1 Å². The molecule has 3 N–H and O–H groups in total. The molecule has 1 saturated heterocycles. The smallest absolute Gasteiger partial charge is 0.320 e. The minimum Gasteiger partial charge on any atom is -0.484 e. The Kier molecular flexibility index (Phi) is 8.54. The van der Waals surface area contributed by atoms with Crippen LogP contribution in [0.25, 0.3) is 11.5 Å². The molecular weight excluding hydrogens is 608 g/mol.